The first-order valence-electron chi connectivity index (χ1n) is 9.55. The molecule has 0 amide bonds. The molecule has 4 heterocycles. The maximum absolute atomic E-state index is 10.6. The zero-order chi connectivity index (χ0) is 20.0. The van der Waals surface area contributed by atoms with Crippen LogP contribution in [0, 0.1) is 0 Å². The van der Waals surface area contributed by atoms with E-state index in [-0.39, 0.29) is 0 Å². The highest BCUT2D eigenvalue weighted by atomic mass is 16.5. The maximum atomic E-state index is 10.6. The minimum atomic E-state index is -1.05. The minimum Gasteiger partial charge on any atom is -0.388 e. The van der Waals surface area contributed by atoms with Crippen molar-refractivity contribution in [3.8, 4) is 0 Å². The number of fused-ring (bicyclic) bond motifs is 2. The lowest BCUT2D eigenvalue weighted by Gasteiger charge is -2.14. The molecule has 0 aliphatic carbocycles. The van der Waals surface area contributed by atoms with E-state index in [1.54, 1.807) is 22.8 Å². The Morgan fingerprint density at radius 3 is 2.86 bits per heavy atom. The van der Waals surface area contributed by atoms with E-state index in [9.17, 15) is 10.2 Å². The summed E-state index contributed by atoms with van der Waals surface area (Å²) >= 11 is 0. The van der Waals surface area contributed by atoms with Gasteiger partial charge in [0.1, 0.15) is 30.2 Å². The van der Waals surface area contributed by atoms with Gasteiger partial charge in [0.15, 0.2) is 5.82 Å². The second-order valence-electron chi connectivity index (χ2n) is 7.35. The molecule has 4 aromatic rings. The number of aryl methyl sites for hydroxylation is 1. The third-order valence-electron chi connectivity index (χ3n) is 5.55. The van der Waals surface area contributed by atoms with Crippen LogP contribution < -0.4 is 5.73 Å². The molecule has 0 spiro atoms. The van der Waals surface area contributed by atoms with Crippen molar-refractivity contribution in [2.75, 3.05) is 5.73 Å². The van der Waals surface area contributed by atoms with Gasteiger partial charge in [-0.3, -0.25) is 4.98 Å². The van der Waals surface area contributed by atoms with Crippen LogP contribution in [-0.2, 0) is 11.2 Å². The quantitative estimate of drug-likeness (QED) is 0.484. The molecule has 148 valence electrons. The van der Waals surface area contributed by atoms with Crippen LogP contribution in [0.3, 0.4) is 0 Å². The molecular formula is C21H21N5O3. The van der Waals surface area contributed by atoms with Crippen molar-refractivity contribution < 1.29 is 14.9 Å². The molecule has 8 heteroatoms. The molecular weight excluding hydrogens is 370 g/mol. The Labute approximate surface area is 166 Å². The molecule has 4 atom stereocenters. The van der Waals surface area contributed by atoms with Crippen LogP contribution >= 0.6 is 0 Å². The Bertz CT molecular complexity index is 1180. The number of aromatic nitrogens is 4. The fourth-order valence-corrected chi connectivity index (χ4v) is 4.00. The number of aliphatic hydroxyl groups excluding tert-OH is 2. The Kier molecular flexibility index (Phi) is 4.39. The van der Waals surface area contributed by atoms with Crippen molar-refractivity contribution in [3.63, 3.8) is 0 Å². The number of aliphatic hydroxyl groups is 2. The van der Waals surface area contributed by atoms with Crippen molar-refractivity contribution in [2.45, 2.75) is 37.3 Å². The number of ether oxygens (including phenoxy) is 1. The summed E-state index contributed by atoms with van der Waals surface area (Å²) in [5, 5.41) is 26.4. The van der Waals surface area contributed by atoms with Gasteiger partial charge in [0.25, 0.3) is 0 Å². The van der Waals surface area contributed by atoms with Gasteiger partial charge < -0.3 is 20.7 Å². The first-order chi connectivity index (χ1) is 14.1. The van der Waals surface area contributed by atoms with Crippen molar-refractivity contribution in [3.05, 3.63) is 66.2 Å². The van der Waals surface area contributed by atoms with Crippen molar-refractivity contribution >= 4 is 22.2 Å². The van der Waals surface area contributed by atoms with E-state index in [2.05, 4.69) is 21.1 Å². The van der Waals surface area contributed by atoms with Gasteiger partial charge in [0.05, 0.1) is 17.3 Å². The molecule has 0 radical (unpaired) electrons. The average molecular weight is 391 g/mol. The third kappa shape index (κ3) is 3.11. The number of hydrogen-bond donors (Lipinski definition) is 3. The summed E-state index contributed by atoms with van der Waals surface area (Å²) in [4.78, 5) is 8.35. The summed E-state index contributed by atoms with van der Waals surface area (Å²) in [5.74, 6) is 0.348. The lowest BCUT2D eigenvalue weighted by atomic mass is 10.00. The lowest BCUT2D eigenvalue weighted by Crippen LogP contribution is -2.31. The van der Waals surface area contributed by atoms with E-state index >= 15 is 0 Å². The molecule has 0 bridgehead atoms. The molecule has 1 fully saturated rings. The molecule has 1 aromatic carbocycles. The van der Waals surface area contributed by atoms with E-state index in [1.807, 2.05) is 24.3 Å². The van der Waals surface area contributed by atoms with Gasteiger partial charge in [-0.05, 0) is 42.7 Å². The first kappa shape index (κ1) is 18.0. The van der Waals surface area contributed by atoms with Gasteiger partial charge in [-0.1, -0.05) is 18.2 Å². The minimum absolute atomic E-state index is 0.348. The number of hydrogen-bond acceptors (Lipinski definition) is 7. The highest BCUT2D eigenvalue weighted by molar-refractivity contribution is 5.78. The molecule has 0 unspecified atom stereocenters. The predicted octanol–water partition coefficient (Wildman–Crippen LogP) is 1.65. The van der Waals surface area contributed by atoms with Gasteiger partial charge >= 0.3 is 0 Å². The molecule has 1 aliphatic rings. The second-order valence-corrected chi connectivity index (χ2v) is 7.35. The second kappa shape index (κ2) is 7.07. The molecule has 1 saturated heterocycles. The number of pyridine rings is 1. The summed E-state index contributed by atoms with van der Waals surface area (Å²) < 4.78 is 7.65. The highest BCUT2D eigenvalue weighted by Crippen LogP contribution is 2.36. The topological polar surface area (TPSA) is 119 Å². The Morgan fingerprint density at radius 2 is 1.97 bits per heavy atom. The molecule has 1 aliphatic heterocycles. The molecule has 8 nitrogen and oxygen atoms in total. The number of nitrogen functional groups attached to an aromatic ring is 1. The molecule has 4 N–H and O–H groups in total. The van der Waals surface area contributed by atoms with Crippen LogP contribution in [0.5, 0.6) is 0 Å². The molecule has 29 heavy (non-hydrogen) atoms. The highest BCUT2D eigenvalue weighted by Gasteiger charge is 2.44. The van der Waals surface area contributed by atoms with Gasteiger partial charge in [0, 0.05) is 11.6 Å². The number of rotatable bonds is 4. The van der Waals surface area contributed by atoms with Crippen molar-refractivity contribution in [1.82, 2.24) is 19.6 Å². The summed E-state index contributed by atoms with van der Waals surface area (Å²) in [6.45, 7) is 0. The van der Waals surface area contributed by atoms with Crippen LogP contribution in [0.2, 0.25) is 0 Å². The van der Waals surface area contributed by atoms with Crippen LogP contribution in [0.4, 0.5) is 5.82 Å². The molecule has 3 aromatic heterocycles. The number of anilines is 1. The summed E-state index contributed by atoms with van der Waals surface area (Å²) in [7, 11) is 0. The Morgan fingerprint density at radius 1 is 1.07 bits per heavy atom. The van der Waals surface area contributed by atoms with Crippen molar-refractivity contribution in [2.24, 2.45) is 0 Å². The lowest BCUT2D eigenvalue weighted by molar-refractivity contribution is 0.000527. The van der Waals surface area contributed by atoms with Gasteiger partial charge in [-0.25, -0.2) is 9.50 Å². The zero-order valence-electron chi connectivity index (χ0n) is 15.6. The fourth-order valence-electron chi connectivity index (χ4n) is 4.00. The van der Waals surface area contributed by atoms with E-state index in [1.165, 1.54) is 6.33 Å². The number of nitrogens with zero attached hydrogens (tertiary/aromatic N) is 4. The van der Waals surface area contributed by atoms with Crippen LogP contribution in [0.15, 0.2) is 55.0 Å². The van der Waals surface area contributed by atoms with Gasteiger partial charge in [0.2, 0.25) is 0 Å². The average Bonchev–Trinajstić information content (AvgIpc) is 3.29. The summed E-state index contributed by atoms with van der Waals surface area (Å²) in [6.07, 6.45) is 1.20. The van der Waals surface area contributed by atoms with Crippen molar-refractivity contribution in [1.29, 1.82) is 0 Å². The first-order valence-corrected chi connectivity index (χ1v) is 9.55. The largest absolute Gasteiger partial charge is 0.388 e. The predicted molar refractivity (Wildman–Crippen MR) is 107 cm³/mol. The van der Waals surface area contributed by atoms with Gasteiger partial charge in [-0.15, -0.1) is 0 Å². The smallest absolute Gasteiger partial charge is 0.151 e. The number of nitrogens with two attached hydrogens (primary N) is 1. The zero-order valence-corrected chi connectivity index (χ0v) is 15.6. The van der Waals surface area contributed by atoms with Crippen LogP contribution in [-0.4, -0.2) is 48.1 Å². The third-order valence-corrected chi connectivity index (χ3v) is 5.55. The van der Waals surface area contributed by atoms with Crippen LogP contribution in [0.1, 0.15) is 23.8 Å². The maximum Gasteiger partial charge on any atom is 0.151 e. The van der Waals surface area contributed by atoms with E-state index < -0.39 is 24.4 Å². The SMILES string of the molecule is Nc1ncnn2c([C@@H]3O[C@H](CCc4ccc5cccnc5c4)[C@@H](O)[C@H]3O)ccc12. The summed E-state index contributed by atoms with van der Waals surface area (Å²) in [6, 6.07) is 13.6. The molecule has 0 saturated carbocycles. The Hall–Kier alpha value is -3.07. The summed E-state index contributed by atoms with van der Waals surface area (Å²) in [5.41, 5.74) is 9.20. The van der Waals surface area contributed by atoms with Gasteiger partial charge in [-0.2, -0.15) is 5.10 Å². The van der Waals surface area contributed by atoms with Crippen LogP contribution in [0.25, 0.3) is 16.4 Å². The normalized spacial score (nSPS) is 24.5. The van der Waals surface area contributed by atoms with E-state index in [0.29, 0.717) is 29.9 Å². The van der Waals surface area contributed by atoms with E-state index in [4.69, 9.17) is 10.5 Å². The number of benzene rings is 1. The monoisotopic (exact) mass is 391 g/mol. The molecule has 5 rings (SSSR count). The fraction of sp³-hybridized carbons (Fsp3) is 0.286. The standard InChI is InChI=1S/C21H21N5O3/c22-21-16-7-6-15(26(16)25-11-24-21)20-19(28)18(27)17(29-20)8-4-12-3-5-13-2-1-9-23-14(13)10-12/h1-3,5-7,9-11,17-20,27-28H,4,8H2,(H2,22,24,25)/t17-,18-,19-,20+/m1/s1. The Balaban J connectivity index is 1.34. The van der Waals surface area contributed by atoms with E-state index in [0.717, 1.165) is 16.5 Å².